The number of anilines is 3. The first-order valence-electron chi connectivity index (χ1n) is 12.9. The molecule has 6 heterocycles. The molecule has 4 fully saturated rings. The molecule has 0 bridgehead atoms. The number of morpholine rings is 1. The molecule has 188 valence electrons. The second kappa shape index (κ2) is 8.72. The highest BCUT2D eigenvalue weighted by molar-refractivity contribution is 7.15. The molecule has 1 unspecified atom stereocenters. The number of aromatic nitrogens is 3. The fourth-order valence-corrected chi connectivity index (χ4v) is 7.38. The van der Waals surface area contributed by atoms with Gasteiger partial charge in [-0.3, -0.25) is 14.6 Å². The van der Waals surface area contributed by atoms with E-state index >= 15 is 0 Å². The summed E-state index contributed by atoms with van der Waals surface area (Å²) in [5.74, 6) is 1.83. The van der Waals surface area contributed by atoms with Crippen molar-refractivity contribution in [3.63, 3.8) is 0 Å². The van der Waals surface area contributed by atoms with Crippen LogP contribution in [0.25, 0.3) is 10.9 Å². The first kappa shape index (κ1) is 22.5. The van der Waals surface area contributed by atoms with Crippen LogP contribution in [0, 0.1) is 6.92 Å². The van der Waals surface area contributed by atoms with E-state index in [0.717, 1.165) is 78.7 Å². The second-order valence-corrected chi connectivity index (χ2v) is 11.8. The van der Waals surface area contributed by atoms with Crippen molar-refractivity contribution in [2.45, 2.75) is 56.3 Å². The molecule has 0 spiro atoms. The van der Waals surface area contributed by atoms with Gasteiger partial charge in [-0.1, -0.05) is 12.1 Å². The molecule has 4 saturated heterocycles. The van der Waals surface area contributed by atoms with Gasteiger partial charge >= 0.3 is 0 Å². The molecule has 4 aliphatic heterocycles. The number of nitrogens with one attached hydrogen (secondary N) is 2. The maximum Gasteiger partial charge on any atom is 0.225 e. The number of hydrogen-bond donors (Lipinski definition) is 2. The van der Waals surface area contributed by atoms with Crippen LogP contribution in [0.15, 0.2) is 30.5 Å². The van der Waals surface area contributed by atoms with Crippen molar-refractivity contribution in [1.29, 1.82) is 0 Å². The van der Waals surface area contributed by atoms with Crippen LogP contribution >= 0.6 is 11.3 Å². The van der Waals surface area contributed by atoms with E-state index in [1.165, 1.54) is 0 Å². The Kier molecular flexibility index (Phi) is 5.46. The molecule has 4 atom stereocenters. The zero-order valence-electron chi connectivity index (χ0n) is 20.4. The highest BCUT2D eigenvalue weighted by Crippen LogP contribution is 2.57. The average molecular weight is 506 g/mol. The molecule has 0 aliphatic carbocycles. The summed E-state index contributed by atoms with van der Waals surface area (Å²) < 4.78 is 5.44. The van der Waals surface area contributed by atoms with Crippen molar-refractivity contribution >= 4 is 44.9 Å². The fraction of sp³-hybridized carbons (Fsp3) is 0.538. The number of para-hydroxylation sites is 1. The van der Waals surface area contributed by atoms with Crippen LogP contribution in [0.2, 0.25) is 0 Å². The number of carbonyl (C=O) groups excluding carboxylic acids is 1. The fourth-order valence-electron chi connectivity index (χ4n) is 6.72. The van der Waals surface area contributed by atoms with Crippen LogP contribution in [0.5, 0.6) is 0 Å². The van der Waals surface area contributed by atoms with Crippen LogP contribution in [0.1, 0.15) is 30.6 Å². The number of nitrogens with zero attached hydrogens (tertiary/aromatic N) is 5. The number of carbonyl (C=O) groups is 1. The van der Waals surface area contributed by atoms with E-state index < -0.39 is 0 Å². The number of rotatable bonds is 7. The summed E-state index contributed by atoms with van der Waals surface area (Å²) in [7, 11) is 0. The van der Waals surface area contributed by atoms with Gasteiger partial charge < -0.3 is 15.4 Å². The van der Waals surface area contributed by atoms with Crippen molar-refractivity contribution in [2.75, 3.05) is 43.5 Å². The standard InChI is InChI=1S/C26H31N7O2S/c1-16-14-27-25(36-16)31-23-20-4-2-3-5-21(20)29-24(30-23)28-17-10-18-12-26(13-19(11-17)33(18)26)22(34)15-32-6-8-35-9-7-32/h2-5,14,17-19H,6-13,15H2,1H3,(H2,27,28,29,30,31)/t17-,18+,19-,26?. The highest BCUT2D eigenvalue weighted by atomic mass is 32.1. The third-order valence-electron chi connectivity index (χ3n) is 8.31. The van der Waals surface area contributed by atoms with Gasteiger partial charge in [0.25, 0.3) is 0 Å². The number of Topliss-reactive ketones (excluding diaryl/α,β-unsaturated/α-hetero) is 1. The molecule has 2 aromatic heterocycles. The minimum Gasteiger partial charge on any atom is -0.379 e. The maximum atomic E-state index is 13.2. The number of piperidine rings is 2. The van der Waals surface area contributed by atoms with Crippen molar-refractivity contribution in [1.82, 2.24) is 24.8 Å². The average Bonchev–Trinajstić information content (AvgIpc) is 3.25. The van der Waals surface area contributed by atoms with Crippen molar-refractivity contribution in [3.8, 4) is 0 Å². The molecule has 0 amide bonds. The first-order valence-corrected chi connectivity index (χ1v) is 13.7. The number of ketones is 1. The number of ether oxygens (including phenoxy) is 1. The first-order chi connectivity index (χ1) is 17.6. The zero-order valence-corrected chi connectivity index (χ0v) is 21.3. The molecule has 1 aromatic carbocycles. The van der Waals surface area contributed by atoms with Gasteiger partial charge in [0.05, 0.1) is 30.8 Å². The minimum atomic E-state index is -0.193. The van der Waals surface area contributed by atoms with Gasteiger partial charge in [0.1, 0.15) is 5.82 Å². The monoisotopic (exact) mass is 505 g/mol. The van der Waals surface area contributed by atoms with Crippen LogP contribution in [0.4, 0.5) is 16.9 Å². The van der Waals surface area contributed by atoms with Crippen LogP contribution < -0.4 is 10.6 Å². The molecule has 2 N–H and O–H groups in total. The topological polar surface area (TPSA) is 95.5 Å². The lowest BCUT2D eigenvalue weighted by molar-refractivity contribution is -0.218. The normalized spacial score (nSPS) is 29.8. The van der Waals surface area contributed by atoms with Crippen LogP contribution in [-0.2, 0) is 9.53 Å². The Morgan fingerprint density at radius 1 is 1.17 bits per heavy atom. The SMILES string of the molecule is Cc1cnc(Nc2nc(N[C@H]3C[C@@H]4CC5(C(=O)CN6CCOCC6)C[C@H](C3)N45)nc3ccccc23)s1. The number of benzene rings is 1. The predicted octanol–water partition coefficient (Wildman–Crippen LogP) is 3.20. The van der Waals surface area contributed by atoms with E-state index in [1.807, 2.05) is 37.4 Å². The lowest BCUT2D eigenvalue weighted by Crippen LogP contribution is -2.84. The predicted molar refractivity (Wildman–Crippen MR) is 140 cm³/mol. The summed E-state index contributed by atoms with van der Waals surface area (Å²) >= 11 is 1.61. The van der Waals surface area contributed by atoms with E-state index in [4.69, 9.17) is 14.7 Å². The Labute approximate surface area is 214 Å². The molecule has 7 rings (SSSR count). The van der Waals surface area contributed by atoms with E-state index in [-0.39, 0.29) is 5.54 Å². The van der Waals surface area contributed by atoms with Crippen molar-refractivity contribution in [3.05, 3.63) is 35.3 Å². The Hall–Kier alpha value is -2.66. The number of aryl methyl sites for hydroxylation is 1. The van der Waals surface area contributed by atoms with E-state index in [0.29, 0.717) is 36.4 Å². The minimum absolute atomic E-state index is 0.193. The van der Waals surface area contributed by atoms with Gasteiger partial charge in [-0.05, 0) is 44.7 Å². The van der Waals surface area contributed by atoms with Crippen molar-refractivity contribution < 1.29 is 9.53 Å². The van der Waals surface area contributed by atoms with E-state index in [2.05, 4.69) is 25.4 Å². The summed E-state index contributed by atoms with van der Waals surface area (Å²) in [6.45, 7) is 5.82. The highest BCUT2D eigenvalue weighted by Gasteiger charge is 2.68. The van der Waals surface area contributed by atoms with Gasteiger partial charge in [-0.25, -0.2) is 9.97 Å². The van der Waals surface area contributed by atoms with Gasteiger partial charge in [-0.15, -0.1) is 11.3 Å². The Bertz CT molecular complexity index is 1290. The molecule has 0 radical (unpaired) electrons. The number of thiazole rings is 1. The molecule has 10 heteroatoms. The van der Waals surface area contributed by atoms with E-state index in [9.17, 15) is 4.79 Å². The van der Waals surface area contributed by atoms with Crippen LogP contribution in [-0.4, -0.2) is 87.0 Å². The molecule has 36 heavy (non-hydrogen) atoms. The Morgan fingerprint density at radius 2 is 1.94 bits per heavy atom. The molecule has 3 aromatic rings. The lowest BCUT2D eigenvalue weighted by atomic mass is 9.57. The van der Waals surface area contributed by atoms with Gasteiger partial charge in [-0.2, -0.15) is 4.98 Å². The van der Waals surface area contributed by atoms with Crippen molar-refractivity contribution in [2.24, 2.45) is 0 Å². The maximum absolute atomic E-state index is 13.2. The largest absolute Gasteiger partial charge is 0.379 e. The molecular formula is C26H31N7O2S. The van der Waals surface area contributed by atoms with Gasteiger partial charge in [0.2, 0.25) is 5.95 Å². The van der Waals surface area contributed by atoms with E-state index in [1.54, 1.807) is 11.3 Å². The summed E-state index contributed by atoms with van der Waals surface area (Å²) in [6, 6.07) is 9.32. The zero-order chi connectivity index (χ0) is 24.3. The third kappa shape index (κ3) is 3.78. The summed E-state index contributed by atoms with van der Waals surface area (Å²) in [5, 5.41) is 8.85. The Morgan fingerprint density at radius 3 is 2.69 bits per heavy atom. The summed E-state index contributed by atoms with van der Waals surface area (Å²) in [6.07, 6.45) is 5.88. The Balaban J connectivity index is 1.04. The smallest absolute Gasteiger partial charge is 0.225 e. The summed E-state index contributed by atoms with van der Waals surface area (Å²) in [5.41, 5.74) is 0.712. The number of hydrogen-bond acceptors (Lipinski definition) is 10. The third-order valence-corrected chi connectivity index (χ3v) is 9.14. The van der Waals surface area contributed by atoms with Gasteiger partial charge in [0, 0.05) is 47.7 Å². The second-order valence-electron chi connectivity index (χ2n) is 10.6. The lowest BCUT2D eigenvalue weighted by Gasteiger charge is -2.72. The molecule has 9 nitrogen and oxygen atoms in total. The van der Waals surface area contributed by atoms with Crippen LogP contribution in [0.3, 0.4) is 0 Å². The molecule has 0 saturated carbocycles. The molecule has 4 aliphatic rings. The quantitative estimate of drug-likeness (QED) is 0.502. The number of fused-ring (bicyclic) bond motifs is 1. The van der Waals surface area contributed by atoms with Gasteiger partial charge in [0.15, 0.2) is 10.9 Å². The molecular weight excluding hydrogens is 474 g/mol. The summed E-state index contributed by atoms with van der Waals surface area (Å²) in [4.78, 5) is 33.3.